The van der Waals surface area contributed by atoms with Crippen molar-refractivity contribution in [2.45, 2.75) is 6.17 Å². The fraction of sp³-hybridized carbons (Fsp3) is 0.176. The van der Waals surface area contributed by atoms with Crippen LogP contribution in [-0.4, -0.2) is 42.3 Å². The molecule has 2 aliphatic heterocycles. The molecule has 0 saturated carbocycles. The Morgan fingerprint density at radius 3 is 2.86 bits per heavy atom. The van der Waals surface area contributed by atoms with Crippen LogP contribution in [0.3, 0.4) is 0 Å². The molecule has 112 valence electrons. The van der Waals surface area contributed by atoms with Crippen molar-refractivity contribution in [3.63, 3.8) is 0 Å². The highest BCUT2D eigenvalue weighted by molar-refractivity contribution is 6.02. The topological polar surface area (TPSA) is 52.7 Å². The van der Waals surface area contributed by atoms with Crippen LogP contribution in [0, 0.1) is 0 Å². The van der Waals surface area contributed by atoms with Crippen molar-refractivity contribution < 1.29 is 9.59 Å². The Kier molecular flexibility index (Phi) is 3.55. The van der Waals surface area contributed by atoms with Gasteiger partial charge < -0.3 is 10.2 Å². The third-order valence-corrected chi connectivity index (χ3v) is 3.99. The second kappa shape index (κ2) is 5.52. The lowest BCUT2D eigenvalue weighted by Gasteiger charge is -2.36. The molecule has 1 unspecified atom stereocenters. The van der Waals surface area contributed by atoms with Crippen molar-refractivity contribution in [1.29, 1.82) is 0 Å². The molecule has 1 N–H and O–H groups in total. The lowest BCUT2D eigenvalue weighted by Crippen LogP contribution is -2.46. The first-order valence-electron chi connectivity index (χ1n) is 7.03. The Morgan fingerprint density at radius 2 is 2.09 bits per heavy atom. The summed E-state index contributed by atoms with van der Waals surface area (Å²) in [5.74, 6) is 0.569. The predicted octanol–water partition coefficient (Wildman–Crippen LogP) is 1.73. The molecule has 5 nitrogen and oxygen atoms in total. The lowest BCUT2D eigenvalue weighted by atomic mass is 10.1. The number of hydrogen-bond donors (Lipinski definition) is 1. The van der Waals surface area contributed by atoms with Crippen molar-refractivity contribution in [1.82, 2.24) is 15.1 Å². The molecular weight excluding hydrogens is 278 g/mol. The number of fused-ring (bicyclic) bond motifs is 1. The molecular formula is C17H17N3O2. The van der Waals surface area contributed by atoms with E-state index in [0.29, 0.717) is 17.4 Å². The molecule has 0 aliphatic carbocycles. The zero-order valence-corrected chi connectivity index (χ0v) is 12.5. The van der Waals surface area contributed by atoms with Gasteiger partial charge in [-0.05, 0) is 30.0 Å². The molecule has 1 amide bonds. The van der Waals surface area contributed by atoms with Crippen molar-refractivity contribution in [2.24, 2.45) is 0 Å². The summed E-state index contributed by atoms with van der Waals surface area (Å²) in [6.07, 6.45) is 8.55. The maximum Gasteiger partial charge on any atom is 0.259 e. The van der Waals surface area contributed by atoms with E-state index in [1.807, 2.05) is 36.4 Å². The number of amides is 1. The third-order valence-electron chi connectivity index (χ3n) is 3.99. The zero-order valence-electron chi connectivity index (χ0n) is 12.5. The molecule has 0 radical (unpaired) electrons. The summed E-state index contributed by atoms with van der Waals surface area (Å²) in [7, 11) is 3.65. The van der Waals surface area contributed by atoms with E-state index in [-0.39, 0.29) is 12.1 Å². The molecule has 1 atom stereocenters. The minimum atomic E-state index is -0.205. The van der Waals surface area contributed by atoms with E-state index in [4.69, 9.17) is 0 Å². The van der Waals surface area contributed by atoms with Crippen LogP contribution < -0.4 is 5.32 Å². The minimum Gasteiger partial charge on any atom is -0.367 e. The highest BCUT2D eigenvalue weighted by Gasteiger charge is 2.29. The van der Waals surface area contributed by atoms with Gasteiger partial charge in [0.1, 0.15) is 12.0 Å². The van der Waals surface area contributed by atoms with Crippen molar-refractivity contribution >= 4 is 12.2 Å². The van der Waals surface area contributed by atoms with Gasteiger partial charge in [0.15, 0.2) is 6.29 Å². The molecule has 22 heavy (non-hydrogen) atoms. The number of nitrogens with one attached hydrogen (secondary N) is 1. The minimum absolute atomic E-state index is 0.0385. The van der Waals surface area contributed by atoms with Gasteiger partial charge in [0, 0.05) is 19.7 Å². The van der Waals surface area contributed by atoms with Crippen molar-refractivity contribution in [3.05, 3.63) is 71.2 Å². The number of aldehydes is 1. The van der Waals surface area contributed by atoms with E-state index in [9.17, 15) is 9.59 Å². The average Bonchev–Trinajstić information content (AvgIpc) is 3.03. The Morgan fingerprint density at radius 1 is 1.32 bits per heavy atom. The second-order valence-electron chi connectivity index (χ2n) is 5.27. The maximum absolute atomic E-state index is 12.7. The summed E-state index contributed by atoms with van der Waals surface area (Å²) < 4.78 is 0. The van der Waals surface area contributed by atoms with Crippen LogP contribution in [0.1, 0.15) is 20.7 Å². The van der Waals surface area contributed by atoms with Crippen LogP contribution in [0.5, 0.6) is 0 Å². The second-order valence-corrected chi connectivity index (χ2v) is 5.27. The summed E-state index contributed by atoms with van der Waals surface area (Å²) in [6, 6.07) is 6.82. The Bertz CT molecular complexity index is 718. The number of carbonyl (C=O) groups is 2. The van der Waals surface area contributed by atoms with Gasteiger partial charge in [0.2, 0.25) is 0 Å². The average molecular weight is 295 g/mol. The van der Waals surface area contributed by atoms with Gasteiger partial charge in [0.05, 0.1) is 5.56 Å². The molecule has 0 aromatic heterocycles. The van der Waals surface area contributed by atoms with Crippen LogP contribution in [-0.2, 0) is 0 Å². The molecule has 0 bridgehead atoms. The first-order chi connectivity index (χ1) is 10.6. The van der Waals surface area contributed by atoms with E-state index < -0.39 is 0 Å². The predicted molar refractivity (Wildman–Crippen MR) is 83.9 cm³/mol. The molecule has 2 aliphatic rings. The molecule has 1 aromatic rings. The first-order valence-corrected chi connectivity index (χ1v) is 7.03. The third kappa shape index (κ3) is 2.20. The van der Waals surface area contributed by atoms with Crippen molar-refractivity contribution in [2.75, 3.05) is 14.1 Å². The Balaban J connectivity index is 1.91. The molecule has 0 fully saturated rings. The molecule has 0 spiro atoms. The number of carbonyl (C=O) groups excluding carboxylic acids is 2. The largest absolute Gasteiger partial charge is 0.367 e. The first kappa shape index (κ1) is 14.1. The molecule has 0 saturated heterocycles. The number of likely N-dealkylation sites (N-methyl/N-ethyl adjacent to an activating group) is 1. The normalized spacial score (nSPS) is 19.0. The fourth-order valence-electron chi connectivity index (χ4n) is 2.75. The van der Waals surface area contributed by atoms with Crippen LogP contribution in [0.15, 0.2) is 60.1 Å². The number of rotatable bonds is 3. The number of benzene rings is 1. The van der Waals surface area contributed by atoms with Crippen LogP contribution in [0.2, 0.25) is 0 Å². The van der Waals surface area contributed by atoms with Gasteiger partial charge in [-0.1, -0.05) is 24.3 Å². The summed E-state index contributed by atoms with van der Waals surface area (Å²) >= 11 is 0. The van der Waals surface area contributed by atoms with Crippen LogP contribution in [0.25, 0.3) is 0 Å². The Labute approximate surface area is 129 Å². The monoisotopic (exact) mass is 295 g/mol. The highest BCUT2D eigenvalue weighted by atomic mass is 16.2. The summed E-state index contributed by atoms with van der Waals surface area (Å²) in [6.45, 7) is 0. The van der Waals surface area contributed by atoms with E-state index in [1.54, 1.807) is 36.2 Å². The van der Waals surface area contributed by atoms with E-state index in [2.05, 4.69) is 5.32 Å². The quantitative estimate of drug-likeness (QED) is 0.863. The maximum atomic E-state index is 12.7. The van der Waals surface area contributed by atoms with Crippen molar-refractivity contribution in [3.8, 4) is 0 Å². The molecule has 5 heteroatoms. The van der Waals surface area contributed by atoms with E-state index in [1.165, 1.54) is 0 Å². The molecule has 2 heterocycles. The zero-order chi connectivity index (χ0) is 15.7. The van der Waals surface area contributed by atoms with Gasteiger partial charge in [-0.2, -0.15) is 0 Å². The summed E-state index contributed by atoms with van der Waals surface area (Å²) in [5.41, 5.74) is 1.96. The van der Waals surface area contributed by atoms with Crippen LogP contribution in [0.4, 0.5) is 0 Å². The number of nitrogens with zero attached hydrogens (tertiary/aromatic N) is 2. The number of hydrogen-bond acceptors (Lipinski definition) is 4. The van der Waals surface area contributed by atoms with Gasteiger partial charge in [-0.25, -0.2) is 0 Å². The number of allylic oxidation sites excluding steroid dienone is 2. The van der Waals surface area contributed by atoms with Crippen LogP contribution >= 0.6 is 0 Å². The van der Waals surface area contributed by atoms with E-state index in [0.717, 1.165) is 11.4 Å². The van der Waals surface area contributed by atoms with Gasteiger partial charge in [-0.15, -0.1) is 0 Å². The summed E-state index contributed by atoms with van der Waals surface area (Å²) in [5, 5.41) is 3.24. The van der Waals surface area contributed by atoms with E-state index >= 15 is 0 Å². The molecule has 3 rings (SSSR count). The SMILES string of the molecule is CN(C(=O)c1ccccc1C=O)C1=CC=C2C=CNC2N1C. The fourth-order valence-corrected chi connectivity index (χ4v) is 2.75. The van der Waals surface area contributed by atoms with Gasteiger partial charge in [0.25, 0.3) is 5.91 Å². The standard InChI is InChI=1S/C17H17N3O2/c1-19-15(8-7-12-9-10-18-16(12)19)20(2)17(22)14-6-4-3-5-13(14)11-21/h3-11,16,18H,1-2H3. The molecule has 1 aromatic carbocycles. The van der Waals surface area contributed by atoms with Gasteiger partial charge in [-0.3, -0.25) is 14.5 Å². The highest BCUT2D eigenvalue weighted by Crippen LogP contribution is 2.25. The van der Waals surface area contributed by atoms with Gasteiger partial charge >= 0.3 is 0 Å². The Hall–Kier alpha value is -2.82. The lowest BCUT2D eigenvalue weighted by molar-refractivity contribution is 0.0780. The smallest absolute Gasteiger partial charge is 0.259 e. The summed E-state index contributed by atoms with van der Waals surface area (Å²) in [4.78, 5) is 27.4.